The maximum absolute atomic E-state index is 9.61. The van der Waals surface area contributed by atoms with Gasteiger partial charge in [-0.05, 0) is 53.4 Å². The lowest BCUT2D eigenvalue weighted by molar-refractivity contribution is 0.373. The van der Waals surface area contributed by atoms with Gasteiger partial charge in [0.1, 0.15) is 0 Å². The number of hydrogen-bond acceptors (Lipinski definition) is 4. The first-order chi connectivity index (χ1) is 11.2. The first-order valence-electron chi connectivity index (χ1n) is 7.62. The summed E-state index contributed by atoms with van der Waals surface area (Å²) in [5.41, 5.74) is 2.32. The van der Waals surface area contributed by atoms with Gasteiger partial charge in [-0.25, -0.2) is 4.99 Å². The van der Waals surface area contributed by atoms with Gasteiger partial charge in [0, 0.05) is 13.1 Å². The van der Waals surface area contributed by atoms with Crippen LogP contribution in [-0.2, 0) is 13.0 Å². The summed E-state index contributed by atoms with van der Waals surface area (Å²) in [6.07, 6.45) is 0.819. The van der Waals surface area contributed by atoms with Gasteiger partial charge in [0.05, 0.1) is 13.7 Å². The lowest BCUT2D eigenvalue weighted by Gasteiger charge is -2.12. The second-order valence-corrected chi connectivity index (χ2v) is 5.79. The molecule has 0 spiro atoms. The maximum atomic E-state index is 9.61. The number of aromatic hydroxyl groups is 1. The van der Waals surface area contributed by atoms with Crippen LogP contribution in [0.15, 0.2) is 40.0 Å². The van der Waals surface area contributed by atoms with Crippen LogP contribution < -0.4 is 15.4 Å². The molecule has 1 aromatic heterocycles. The molecule has 0 aliphatic rings. The van der Waals surface area contributed by atoms with Crippen LogP contribution in [0.2, 0.25) is 0 Å². The van der Waals surface area contributed by atoms with Crippen LogP contribution in [0, 0.1) is 0 Å². The highest BCUT2D eigenvalue weighted by molar-refractivity contribution is 14.0. The van der Waals surface area contributed by atoms with E-state index in [9.17, 15) is 5.11 Å². The molecule has 2 rings (SSSR count). The summed E-state index contributed by atoms with van der Waals surface area (Å²) < 4.78 is 5.13. The lowest BCUT2D eigenvalue weighted by Crippen LogP contribution is -2.38. The number of guanidine groups is 1. The van der Waals surface area contributed by atoms with Crippen molar-refractivity contribution in [3.8, 4) is 11.5 Å². The Bertz CT molecular complexity index is 633. The number of methoxy groups -OCH3 is 1. The minimum Gasteiger partial charge on any atom is -0.504 e. The summed E-state index contributed by atoms with van der Waals surface area (Å²) in [5.74, 6) is 1.47. The molecule has 0 bridgehead atoms. The predicted octanol–water partition coefficient (Wildman–Crippen LogP) is 3.38. The molecule has 24 heavy (non-hydrogen) atoms. The van der Waals surface area contributed by atoms with E-state index in [1.807, 2.05) is 19.1 Å². The fourth-order valence-corrected chi connectivity index (χ4v) is 2.76. The number of phenolic OH excluding ortho intramolecular Hbond substituents is 1. The van der Waals surface area contributed by atoms with Gasteiger partial charge in [0.2, 0.25) is 0 Å². The van der Waals surface area contributed by atoms with Gasteiger partial charge in [-0.15, -0.1) is 24.0 Å². The van der Waals surface area contributed by atoms with Crippen molar-refractivity contribution >= 4 is 41.3 Å². The van der Waals surface area contributed by atoms with Crippen molar-refractivity contribution in [1.29, 1.82) is 0 Å². The van der Waals surface area contributed by atoms with Crippen molar-refractivity contribution in [1.82, 2.24) is 10.6 Å². The molecule has 132 valence electrons. The second-order valence-electron chi connectivity index (χ2n) is 5.01. The number of thiophene rings is 1. The summed E-state index contributed by atoms with van der Waals surface area (Å²) in [5, 5.41) is 20.3. The van der Waals surface area contributed by atoms with Crippen molar-refractivity contribution in [2.45, 2.75) is 19.9 Å². The standard InChI is InChI=1S/C17H23N3O2S.HI/c1-3-18-17(20-11-14-7-9-23-12-14)19-8-6-13-4-5-15(21)16(10-13)22-2;/h4-5,7,9-10,12,21H,3,6,8,11H2,1-2H3,(H2,18,19,20);1H. The number of rotatable bonds is 7. The Labute approximate surface area is 164 Å². The van der Waals surface area contributed by atoms with Gasteiger partial charge < -0.3 is 20.5 Å². The molecule has 1 heterocycles. The SMILES string of the molecule is CCNC(=NCc1ccsc1)NCCc1ccc(O)c(OC)c1.I. The number of nitrogens with zero attached hydrogens (tertiary/aromatic N) is 1. The minimum atomic E-state index is 0. The molecule has 0 unspecified atom stereocenters. The lowest BCUT2D eigenvalue weighted by atomic mass is 10.1. The molecule has 0 amide bonds. The van der Waals surface area contributed by atoms with Crippen molar-refractivity contribution in [3.05, 3.63) is 46.2 Å². The van der Waals surface area contributed by atoms with Crippen LogP contribution in [0.5, 0.6) is 11.5 Å². The molecule has 0 atom stereocenters. The topological polar surface area (TPSA) is 65.9 Å². The molecular formula is C17H24IN3O2S. The summed E-state index contributed by atoms with van der Waals surface area (Å²) >= 11 is 1.68. The van der Waals surface area contributed by atoms with Crippen LogP contribution in [0.1, 0.15) is 18.1 Å². The Morgan fingerprint density at radius 3 is 2.75 bits per heavy atom. The zero-order valence-corrected chi connectivity index (χ0v) is 17.1. The van der Waals surface area contributed by atoms with E-state index in [1.54, 1.807) is 24.5 Å². The zero-order chi connectivity index (χ0) is 16.5. The number of halogens is 1. The number of benzene rings is 1. The van der Waals surface area contributed by atoms with E-state index >= 15 is 0 Å². The highest BCUT2D eigenvalue weighted by Gasteiger charge is 2.03. The molecule has 1 aromatic carbocycles. The molecule has 0 radical (unpaired) electrons. The molecule has 0 saturated carbocycles. The minimum absolute atomic E-state index is 0. The fourth-order valence-electron chi connectivity index (χ4n) is 2.10. The molecule has 5 nitrogen and oxygen atoms in total. The number of ether oxygens (including phenoxy) is 1. The maximum Gasteiger partial charge on any atom is 0.191 e. The van der Waals surface area contributed by atoms with E-state index in [4.69, 9.17) is 4.74 Å². The monoisotopic (exact) mass is 461 g/mol. The molecule has 3 N–H and O–H groups in total. The van der Waals surface area contributed by atoms with E-state index in [0.717, 1.165) is 31.0 Å². The van der Waals surface area contributed by atoms with E-state index in [-0.39, 0.29) is 29.7 Å². The average molecular weight is 461 g/mol. The Kier molecular flexibility index (Phi) is 9.55. The first-order valence-corrected chi connectivity index (χ1v) is 8.56. The van der Waals surface area contributed by atoms with Crippen molar-refractivity contribution in [3.63, 3.8) is 0 Å². The Morgan fingerprint density at radius 2 is 2.08 bits per heavy atom. The third kappa shape index (κ3) is 6.56. The molecule has 2 aromatic rings. The number of nitrogens with one attached hydrogen (secondary N) is 2. The van der Waals surface area contributed by atoms with Crippen molar-refractivity contribution in [2.75, 3.05) is 20.2 Å². The number of aliphatic imine (C=N–C) groups is 1. The summed E-state index contributed by atoms with van der Waals surface area (Å²) in [6, 6.07) is 7.49. The fraction of sp³-hybridized carbons (Fsp3) is 0.353. The van der Waals surface area contributed by atoms with Gasteiger partial charge in [-0.3, -0.25) is 0 Å². The van der Waals surface area contributed by atoms with Crippen molar-refractivity contribution in [2.24, 2.45) is 4.99 Å². The molecule has 0 saturated heterocycles. The van der Waals surface area contributed by atoms with Crippen LogP contribution in [0.3, 0.4) is 0 Å². The molecule has 0 aliphatic heterocycles. The second kappa shape index (κ2) is 11.1. The van der Waals surface area contributed by atoms with Gasteiger partial charge in [-0.1, -0.05) is 6.07 Å². The predicted molar refractivity (Wildman–Crippen MR) is 111 cm³/mol. The van der Waals surface area contributed by atoms with E-state index < -0.39 is 0 Å². The van der Waals surface area contributed by atoms with E-state index in [2.05, 4.69) is 32.5 Å². The van der Waals surface area contributed by atoms with Crippen molar-refractivity contribution < 1.29 is 9.84 Å². The van der Waals surface area contributed by atoms with Crippen LogP contribution in [0.25, 0.3) is 0 Å². The van der Waals surface area contributed by atoms with Gasteiger partial charge in [0.25, 0.3) is 0 Å². The third-order valence-corrected chi connectivity index (χ3v) is 4.03. The normalized spacial score (nSPS) is 10.8. The zero-order valence-electron chi connectivity index (χ0n) is 13.9. The largest absolute Gasteiger partial charge is 0.504 e. The van der Waals surface area contributed by atoms with E-state index in [1.165, 1.54) is 5.56 Å². The smallest absolute Gasteiger partial charge is 0.191 e. The Balaban J connectivity index is 0.00000288. The highest BCUT2D eigenvalue weighted by atomic mass is 127. The number of hydrogen-bond donors (Lipinski definition) is 3. The molecular weight excluding hydrogens is 437 g/mol. The Hall–Kier alpha value is -1.48. The van der Waals surface area contributed by atoms with Gasteiger partial charge in [-0.2, -0.15) is 11.3 Å². The molecule has 0 aliphatic carbocycles. The third-order valence-electron chi connectivity index (χ3n) is 3.29. The van der Waals surface area contributed by atoms with Gasteiger partial charge >= 0.3 is 0 Å². The molecule has 7 heteroatoms. The molecule has 0 fully saturated rings. The summed E-state index contributed by atoms with van der Waals surface area (Å²) in [6.45, 7) is 4.30. The summed E-state index contributed by atoms with van der Waals surface area (Å²) in [4.78, 5) is 4.57. The Morgan fingerprint density at radius 1 is 1.25 bits per heavy atom. The summed E-state index contributed by atoms with van der Waals surface area (Å²) in [7, 11) is 1.55. The highest BCUT2D eigenvalue weighted by Crippen LogP contribution is 2.26. The van der Waals surface area contributed by atoms with Crippen LogP contribution in [0.4, 0.5) is 0 Å². The number of phenols is 1. The quantitative estimate of drug-likeness (QED) is 0.336. The van der Waals surface area contributed by atoms with E-state index in [0.29, 0.717) is 12.3 Å². The first kappa shape index (κ1) is 20.6. The van der Waals surface area contributed by atoms with Gasteiger partial charge in [0.15, 0.2) is 17.5 Å². The average Bonchev–Trinajstić information content (AvgIpc) is 3.07. The van der Waals surface area contributed by atoms with Crippen LogP contribution in [-0.4, -0.2) is 31.3 Å². The van der Waals surface area contributed by atoms with Crippen LogP contribution >= 0.6 is 35.3 Å².